The van der Waals surface area contributed by atoms with Gasteiger partial charge in [-0.2, -0.15) is 0 Å². The molecular weight excluding hydrogens is 342 g/mol. The van der Waals surface area contributed by atoms with Gasteiger partial charge in [-0.15, -0.1) is 0 Å². The van der Waals surface area contributed by atoms with Crippen molar-refractivity contribution in [3.63, 3.8) is 0 Å². The van der Waals surface area contributed by atoms with E-state index in [1.165, 1.54) is 18.4 Å². The Morgan fingerprint density at radius 3 is 3.00 bits per heavy atom. The van der Waals surface area contributed by atoms with Crippen LogP contribution in [0, 0.1) is 12.8 Å². The first kappa shape index (κ1) is 17.8. The minimum Gasteiger partial charge on any atom is -0.493 e. The number of rotatable bonds is 4. The zero-order chi connectivity index (χ0) is 18.8. The molecule has 6 heteroatoms. The number of benzene rings is 1. The van der Waals surface area contributed by atoms with E-state index in [1.54, 1.807) is 7.11 Å². The molecule has 2 heterocycles. The first-order chi connectivity index (χ1) is 13.2. The summed E-state index contributed by atoms with van der Waals surface area (Å²) in [5.74, 6) is 1.91. The number of carbonyl (C=O) groups is 1. The minimum atomic E-state index is -0.219. The van der Waals surface area contributed by atoms with Gasteiger partial charge >= 0.3 is 0 Å². The molecule has 0 saturated carbocycles. The Morgan fingerprint density at radius 1 is 1.30 bits per heavy atom. The van der Waals surface area contributed by atoms with Crippen LogP contribution in [0.25, 0.3) is 0 Å². The van der Waals surface area contributed by atoms with Crippen molar-refractivity contribution in [1.29, 1.82) is 0 Å². The highest BCUT2D eigenvalue weighted by Gasteiger charge is 2.28. The van der Waals surface area contributed by atoms with Crippen molar-refractivity contribution in [2.45, 2.75) is 45.6 Å². The normalized spacial score (nSPS) is 18.1. The Labute approximate surface area is 159 Å². The lowest BCUT2D eigenvalue weighted by Gasteiger charge is -2.25. The number of nitrogens with zero attached hydrogens (tertiary/aromatic N) is 2. The fourth-order valence-electron chi connectivity index (χ4n) is 3.96. The summed E-state index contributed by atoms with van der Waals surface area (Å²) in [7, 11) is 1.62. The molecule has 0 saturated heterocycles. The summed E-state index contributed by atoms with van der Waals surface area (Å²) in [4.78, 5) is 21.9. The van der Waals surface area contributed by atoms with E-state index < -0.39 is 0 Å². The van der Waals surface area contributed by atoms with Crippen LogP contribution in [-0.2, 0) is 30.6 Å². The maximum Gasteiger partial charge on any atom is 0.227 e. The lowest BCUT2D eigenvalue weighted by molar-refractivity contribution is -0.126. The van der Waals surface area contributed by atoms with E-state index in [9.17, 15) is 4.79 Å². The van der Waals surface area contributed by atoms with Crippen LogP contribution in [0.4, 0.5) is 0 Å². The standard InChI is InChI=1S/C21H25N3O3/c1-13-16-7-3-4-8-17(16)24-19(23-13)11-22-21(25)15-10-14-6-5-9-18(26-2)20(14)27-12-15/h5-6,9,15H,3-4,7-8,10-12H2,1-2H3,(H,22,25)/t15-/m1/s1. The molecule has 1 aromatic carbocycles. The van der Waals surface area contributed by atoms with E-state index in [1.807, 2.05) is 25.1 Å². The zero-order valence-electron chi connectivity index (χ0n) is 15.9. The molecule has 6 nitrogen and oxygen atoms in total. The van der Waals surface area contributed by atoms with Gasteiger partial charge in [0.05, 0.1) is 19.6 Å². The third-order valence-electron chi connectivity index (χ3n) is 5.40. The number of hydrogen-bond acceptors (Lipinski definition) is 5. The van der Waals surface area contributed by atoms with E-state index in [0.29, 0.717) is 31.1 Å². The first-order valence-corrected chi connectivity index (χ1v) is 9.57. The Hall–Kier alpha value is -2.63. The Bertz CT molecular complexity index is 866. The van der Waals surface area contributed by atoms with Gasteiger partial charge in [0.2, 0.25) is 5.91 Å². The lowest BCUT2D eigenvalue weighted by Crippen LogP contribution is -2.37. The van der Waals surface area contributed by atoms with Crippen molar-refractivity contribution in [2.24, 2.45) is 5.92 Å². The molecule has 1 N–H and O–H groups in total. The molecule has 1 aliphatic carbocycles. The highest BCUT2D eigenvalue weighted by atomic mass is 16.5. The predicted molar refractivity (Wildman–Crippen MR) is 101 cm³/mol. The van der Waals surface area contributed by atoms with Crippen molar-refractivity contribution in [1.82, 2.24) is 15.3 Å². The molecule has 1 aromatic heterocycles. The fraction of sp³-hybridized carbons (Fsp3) is 0.476. The van der Waals surface area contributed by atoms with Gasteiger partial charge in [0.25, 0.3) is 0 Å². The highest BCUT2D eigenvalue weighted by molar-refractivity contribution is 5.79. The van der Waals surface area contributed by atoms with E-state index in [4.69, 9.17) is 9.47 Å². The van der Waals surface area contributed by atoms with Crippen LogP contribution in [0.3, 0.4) is 0 Å². The number of aryl methyl sites for hydroxylation is 2. The SMILES string of the molecule is COc1cccc2c1OC[C@H](C(=O)NCc1nc(C)c3c(n1)CCCC3)C2. The number of ether oxygens (including phenoxy) is 2. The molecule has 0 unspecified atom stereocenters. The maximum absolute atomic E-state index is 12.6. The monoisotopic (exact) mass is 367 g/mol. The molecule has 1 amide bonds. The van der Waals surface area contributed by atoms with Gasteiger partial charge in [0, 0.05) is 11.4 Å². The number of hydrogen-bond donors (Lipinski definition) is 1. The largest absolute Gasteiger partial charge is 0.493 e. The van der Waals surface area contributed by atoms with Gasteiger partial charge in [-0.3, -0.25) is 4.79 Å². The fourth-order valence-corrected chi connectivity index (χ4v) is 3.96. The lowest BCUT2D eigenvalue weighted by atomic mass is 9.95. The van der Waals surface area contributed by atoms with Gasteiger partial charge in [-0.1, -0.05) is 12.1 Å². The molecule has 1 atom stereocenters. The van der Waals surface area contributed by atoms with Gasteiger partial charge in [-0.05, 0) is 56.2 Å². The summed E-state index contributed by atoms with van der Waals surface area (Å²) in [5.41, 5.74) is 4.50. The van der Waals surface area contributed by atoms with Crippen molar-refractivity contribution >= 4 is 5.91 Å². The molecule has 2 aromatic rings. The van der Waals surface area contributed by atoms with Crippen molar-refractivity contribution in [3.8, 4) is 11.5 Å². The number of para-hydroxylation sites is 1. The first-order valence-electron chi connectivity index (χ1n) is 9.57. The zero-order valence-corrected chi connectivity index (χ0v) is 15.9. The van der Waals surface area contributed by atoms with Gasteiger partial charge in [0.15, 0.2) is 11.5 Å². The Kier molecular flexibility index (Phi) is 4.97. The Balaban J connectivity index is 1.41. The summed E-state index contributed by atoms with van der Waals surface area (Å²) >= 11 is 0. The summed E-state index contributed by atoms with van der Waals surface area (Å²) in [6.45, 7) is 2.74. The highest BCUT2D eigenvalue weighted by Crippen LogP contribution is 2.36. The quantitative estimate of drug-likeness (QED) is 0.899. The van der Waals surface area contributed by atoms with E-state index >= 15 is 0 Å². The van der Waals surface area contributed by atoms with E-state index in [0.717, 1.165) is 35.5 Å². The van der Waals surface area contributed by atoms with E-state index in [2.05, 4.69) is 15.3 Å². The van der Waals surface area contributed by atoms with Crippen molar-refractivity contribution in [3.05, 3.63) is 46.5 Å². The average Bonchev–Trinajstić information content (AvgIpc) is 2.71. The summed E-state index contributed by atoms with van der Waals surface area (Å²) in [6, 6.07) is 5.77. The molecule has 142 valence electrons. The summed E-state index contributed by atoms with van der Waals surface area (Å²) < 4.78 is 11.1. The molecule has 0 radical (unpaired) electrons. The molecule has 4 rings (SSSR count). The minimum absolute atomic E-state index is 0.0255. The second kappa shape index (κ2) is 7.55. The van der Waals surface area contributed by atoms with Crippen LogP contribution in [0.5, 0.6) is 11.5 Å². The van der Waals surface area contributed by atoms with Crippen LogP contribution >= 0.6 is 0 Å². The Morgan fingerprint density at radius 2 is 2.15 bits per heavy atom. The topological polar surface area (TPSA) is 73.3 Å². The van der Waals surface area contributed by atoms with Crippen LogP contribution in [0.2, 0.25) is 0 Å². The third-order valence-corrected chi connectivity index (χ3v) is 5.40. The molecule has 27 heavy (non-hydrogen) atoms. The molecule has 0 spiro atoms. The van der Waals surface area contributed by atoms with Crippen molar-refractivity contribution < 1.29 is 14.3 Å². The van der Waals surface area contributed by atoms with Crippen LogP contribution < -0.4 is 14.8 Å². The second-order valence-electron chi connectivity index (χ2n) is 7.24. The van der Waals surface area contributed by atoms with Crippen LogP contribution in [0.15, 0.2) is 18.2 Å². The summed E-state index contributed by atoms with van der Waals surface area (Å²) in [6.07, 6.45) is 5.10. The van der Waals surface area contributed by atoms with E-state index in [-0.39, 0.29) is 11.8 Å². The third kappa shape index (κ3) is 3.61. The van der Waals surface area contributed by atoms with Crippen LogP contribution in [-0.4, -0.2) is 29.6 Å². The van der Waals surface area contributed by atoms with Gasteiger partial charge in [0.1, 0.15) is 12.4 Å². The number of amides is 1. The number of methoxy groups -OCH3 is 1. The average molecular weight is 367 g/mol. The summed E-state index contributed by atoms with van der Waals surface area (Å²) in [5, 5.41) is 2.99. The molecule has 2 aliphatic rings. The molecular formula is C21H25N3O3. The molecule has 0 fully saturated rings. The molecule has 1 aliphatic heterocycles. The number of nitrogens with one attached hydrogen (secondary N) is 1. The molecule has 0 bridgehead atoms. The maximum atomic E-state index is 12.6. The van der Waals surface area contributed by atoms with Crippen LogP contribution in [0.1, 0.15) is 41.2 Å². The second-order valence-corrected chi connectivity index (χ2v) is 7.24. The van der Waals surface area contributed by atoms with Gasteiger partial charge < -0.3 is 14.8 Å². The number of carbonyl (C=O) groups excluding carboxylic acids is 1. The predicted octanol–water partition coefficient (Wildman–Crippen LogP) is 2.54. The van der Waals surface area contributed by atoms with Crippen molar-refractivity contribution in [2.75, 3.05) is 13.7 Å². The smallest absolute Gasteiger partial charge is 0.227 e. The number of aromatic nitrogens is 2. The van der Waals surface area contributed by atoms with Gasteiger partial charge in [-0.25, -0.2) is 9.97 Å². The number of fused-ring (bicyclic) bond motifs is 2.